The standard InChI is InChI=1S/C18H17Cl2N5O/c1-26-16-5-3-2-4-12(16)6-7-21-18-24-17(11-22-25-18)23-15-9-13(19)8-14(20)10-15/h2-5,8-11H,6-7H2,1H3,(H2,21,23,24,25). The molecule has 0 atom stereocenters. The first-order valence-corrected chi connectivity index (χ1v) is 8.68. The highest BCUT2D eigenvalue weighted by molar-refractivity contribution is 6.35. The topological polar surface area (TPSA) is 72.0 Å². The van der Waals surface area contributed by atoms with Crippen molar-refractivity contribution in [1.82, 2.24) is 15.2 Å². The third-order valence-electron chi connectivity index (χ3n) is 3.56. The summed E-state index contributed by atoms with van der Waals surface area (Å²) in [5, 5.41) is 15.3. The lowest BCUT2D eigenvalue weighted by Crippen LogP contribution is -2.10. The molecule has 0 aliphatic rings. The summed E-state index contributed by atoms with van der Waals surface area (Å²) in [6.45, 7) is 0.647. The number of anilines is 3. The number of halogens is 2. The van der Waals surface area contributed by atoms with Crippen LogP contribution in [0.4, 0.5) is 17.5 Å². The van der Waals surface area contributed by atoms with Crippen LogP contribution in [0.25, 0.3) is 0 Å². The molecule has 0 aliphatic heterocycles. The number of ether oxygens (including phenoxy) is 1. The van der Waals surface area contributed by atoms with Crippen molar-refractivity contribution in [3.8, 4) is 5.75 Å². The molecule has 0 spiro atoms. The molecule has 0 unspecified atom stereocenters. The molecule has 1 aromatic heterocycles. The second kappa shape index (κ2) is 8.69. The Morgan fingerprint density at radius 1 is 1.08 bits per heavy atom. The molecule has 2 aromatic carbocycles. The van der Waals surface area contributed by atoms with E-state index in [0.29, 0.717) is 28.4 Å². The average Bonchev–Trinajstić information content (AvgIpc) is 2.61. The van der Waals surface area contributed by atoms with Gasteiger partial charge < -0.3 is 15.4 Å². The number of nitrogens with zero attached hydrogens (tertiary/aromatic N) is 3. The van der Waals surface area contributed by atoms with Crippen LogP contribution in [0, 0.1) is 0 Å². The van der Waals surface area contributed by atoms with Crippen LogP contribution in [-0.2, 0) is 6.42 Å². The van der Waals surface area contributed by atoms with Crippen molar-refractivity contribution in [2.24, 2.45) is 0 Å². The molecule has 0 radical (unpaired) electrons. The number of para-hydroxylation sites is 1. The quantitative estimate of drug-likeness (QED) is 0.615. The number of benzene rings is 2. The molecule has 26 heavy (non-hydrogen) atoms. The number of rotatable bonds is 7. The number of hydrogen-bond acceptors (Lipinski definition) is 6. The molecule has 0 saturated heterocycles. The van der Waals surface area contributed by atoms with Crippen LogP contribution in [0.15, 0.2) is 48.7 Å². The van der Waals surface area contributed by atoms with E-state index in [1.807, 2.05) is 24.3 Å². The van der Waals surface area contributed by atoms with Gasteiger partial charge in [0.15, 0.2) is 5.82 Å². The first-order valence-electron chi connectivity index (χ1n) is 7.92. The van der Waals surface area contributed by atoms with Crippen molar-refractivity contribution in [1.29, 1.82) is 0 Å². The molecule has 0 saturated carbocycles. The molecule has 3 aromatic rings. The van der Waals surface area contributed by atoms with E-state index in [9.17, 15) is 0 Å². The summed E-state index contributed by atoms with van der Waals surface area (Å²) in [5.41, 5.74) is 1.83. The Morgan fingerprint density at radius 3 is 2.62 bits per heavy atom. The van der Waals surface area contributed by atoms with Crippen molar-refractivity contribution in [3.05, 3.63) is 64.3 Å². The molecular weight excluding hydrogens is 373 g/mol. The van der Waals surface area contributed by atoms with Gasteiger partial charge >= 0.3 is 0 Å². The Morgan fingerprint density at radius 2 is 1.85 bits per heavy atom. The van der Waals surface area contributed by atoms with Gasteiger partial charge in [-0.25, -0.2) is 0 Å². The van der Waals surface area contributed by atoms with E-state index in [4.69, 9.17) is 27.9 Å². The minimum atomic E-state index is 0.429. The van der Waals surface area contributed by atoms with Crippen molar-refractivity contribution < 1.29 is 4.74 Å². The minimum absolute atomic E-state index is 0.429. The highest BCUT2D eigenvalue weighted by atomic mass is 35.5. The summed E-state index contributed by atoms with van der Waals surface area (Å²) >= 11 is 12.0. The number of hydrogen-bond donors (Lipinski definition) is 2. The second-order valence-electron chi connectivity index (χ2n) is 5.44. The molecule has 2 N–H and O–H groups in total. The average molecular weight is 390 g/mol. The molecule has 8 heteroatoms. The van der Waals surface area contributed by atoms with Gasteiger partial charge in [-0.3, -0.25) is 0 Å². The molecule has 134 valence electrons. The lowest BCUT2D eigenvalue weighted by atomic mass is 10.1. The summed E-state index contributed by atoms with van der Waals surface area (Å²) in [6, 6.07) is 13.1. The Hall–Kier alpha value is -2.57. The van der Waals surface area contributed by atoms with Crippen LogP contribution in [0.1, 0.15) is 5.56 Å². The van der Waals surface area contributed by atoms with E-state index in [2.05, 4.69) is 25.8 Å². The molecule has 0 fully saturated rings. The van der Waals surface area contributed by atoms with Gasteiger partial charge in [0.05, 0.1) is 13.3 Å². The molecule has 0 bridgehead atoms. The fourth-order valence-corrected chi connectivity index (χ4v) is 2.96. The van der Waals surface area contributed by atoms with Crippen LogP contribution in [0.5, 0.6) is 5.75 Å². The van der Waals surface area contributed by atoms with Crippen molar-refractivity contribution in [3.63, 3.8) is 0 Å². The minimum Gasteiger partial charge on any atom is -0.496 e. The van der Waals surface area contributed by atoms with Gasteiger partial charge in [0, 0.05) is 22.3 Å². The maximum absolute atomic E-state index is 6.00. The first-order chi connectivity index (χ1) is 12.6. The van der Waals surface area contributed by atoms with Crippen LogP contribution in [0.2, 0.25) is 10.0 Å². The third kappa shape index (κ3) is 4.97. The van der Waals surface area contributed by atoms with Gasteiger partial charge in [-0.05, 0) is 36.2 Å². The van der Waals surface area contributed by atoms with Gasteiger partial charge in [0.1, 0.15) is 5.75 Å². The zero-order valence-corrected chi connectivity index (χ0v) is 15.6. The van der Waals surface area contributed by atoms with Crippen LogP contribution >= 0.6 is 23.2 Å². The van der Waals surface area contributed by atoms with E-state index in [0.717, 1.165) is 23.4 Å². The van der Waals surface area contributed by atoms with Crippen molar-refractivity contribution >= 4 is 40.7 Å². The van der Waals surface area contributed by atoms with Crippen molar-refractivity contribution in [2.75, 3.05) is 24.3 Å². The van der Waals surface area contributed by atoms with Crippen LogP contribution < -0.4 is 15.4 Å². The normalized spacial score (nSPS) is 10.4. The molecule has 0 aliphatic carbocycles. The van der Waals surface area contributed by atoms with Crippen LogP contribution in [0.3, 0.4) is 0 Å². The maximum Gasteiger partial charge on any atom is 0.244 e. The predicted octanol–water partition coefficient (Wildman–Crippen LogP) is 4.59. The van der Waals surface area contributed by atoms with E-state index in [-0.39, 0.29) is 0 Å². The molecule has 0 amide bonds. The van der Waals surface area contributed by atoms with Gasteiger partial charge in [0.2, 0.25) is 5.95 Å². The zero-order valence-electron chi connectivity index (χ0n) is 14.0. The Bertz CT molecular complexity index is 871. The Labute approximate surface area is 161 Å². The summed E-state index contributed by atoms with van der Waals surface area (Å²) in [5.74, 6) is 1.83. The summed E-state index contributed by atoms with van der Waals surface area (Å²) < 4.78 is 5.35. The highest BCUT2D eigenvalue weighted by Crippen LogP contribution is 2.24. The fraction of sp³-hybridized carbons (Fsp3) is 0.167. The van der Waals surface area contributed by atoms with Gasteiger partial charge in [-0.15, -0.1) is 5.10 Å². The number of methoxy groups -OCH3 is 1. The first kappa shape index (κ1) is 18.2. The fourth-order valence-electron chi connectivity index (χ4n) is 2.43. The Balaban J connectivity index is 1.62. The predicted molar refractivity (Wildman–Crippen MR) is 105 cm³/mol. The highest BCUT2D eigenvalue weighted by Gasteiger charge is 2.05. The third-order valence-corrected chi connectivity index (χ3v) is 4.00. The maximum atomic E-state index is 6.00. The smallest absolute Gasteiger partial charge is 0.244 e. The zero-order chi connectivity index (χ0) is 18.4. The van der Waals surface area contributed by atoms with Crippen LogP contribution in [-0.4, -0.2) is 28.8 Å². The number of nitrogens with one attached hydrogen (secondary N) is 2. The monoisotopic (exact) mass is 389 g/mol. The molecular formula is C18H17Cl2N5O. The van der Waals surface area contributed by atoms with E-state index < -0.39 is 0 Å². The molecule has 1 heterocycles. The van der Waals surface area contributed by atoms with Crippen molar-refractivity contribution in [2.45, 2.75) is 6.42 Å². The lowest BCUT2D eigenvalue weighted by Gasteiger charge is -2.10. The van der Waals surface area contributed by atoms with Gasteiger partial charge in [-0.2, -0.15) is 10.1 Å². The van der Waals surface area contributed by atoms with Gasteiger partial charge in [0.25, 0.3) is 0 Å². The van der Waals surface area contributed by atoms with Gasteiger partial charge in [-0.1, -0.05) is 41.4 Å². The Kier molecular flexibility index (Phi) is 6.09. The molecule has 6 nitrogen and oxygen atoms in total. The largest absolute Gasteiger partial charge is 0.496 e. The van der Waals surface area contributed by atoms with E-state index in [1.54, 1.807) is 25.3 Å². The summed E-state index contributed by atoms with van der Waals surface area (Å²) in [4.78, 5) is 4.39. The second-order valence-corrected chi connectivity index (χ2v) is 6.31. The number of aromatic nitrogens is 3. The van der Waals surface area contributed by atoms with E-state index >= 15 is 0 Å². The lowest BCUT2D eigenvalue weighted by molar-refractivity contribution is 0.410. The molecule has 3 rings (SSSR count). The summed E-state index contributed by atoms with van der Waals surface area (Å²) in [7, 11) is 1.66. The summed E-state index contributed by atoms with van der Waals surface area (Å²) in [6.07, 6.45) is 2.30. The van der Waals surface area contributed by atoms with E-state index in [1.165, 1.54) is 6.20 Å². The SMILES string of the molecule is COc1ccccc1CCNc1nncc(Nc2cc(Cl)cc(Cl)c2)n1.